The van der Waals surface area contributed by atoms with Gasteiger partial charge < -0.3 is 30.1 Å². The molecule has 0 saturated carbocycles. The lowest BCUT2D eigenvalue weighted by Gasteiger charge is -2.19. The van der Waals surface area contributed by atoms with Crippen molar-refractivity contribution in [2.75, 3.05) is 19.0 Å². The summed E-state index contributed by atoms with van der Waals surface area (Å²) < 4.78 is 15.9. The Hall–Kier alpha value is -3.24. The zero-order valence-corrected chi connectivity index (χ0v) is 18.0. The van der Waals surface area contributed by atoms with E-state index in [0.29, 0.717) is 11.5 Å². The van der Waals surface area contributed by atoms with E-state index in [-0.39, 0.29) is 40.1 Å². The van der Waals surface area contributed by atoms with Crippen LogP contribution < -0.4 is 20.5 Å². The monoisotopic (exact) mass is 468 g/mol. The van der Waals surface area contributed by atoms with Crippen LogP contribution in [0.3, 0.4) is 0 Å². The quantitative estimate of drug-likeness (QED) is 0.633. The molecule has 1 aliphatic heterocycles. The number of anilines is 1. The number of amides is 2. The number of halogens is 2. The molecule has 2 aromatic rings. The average molecular weight is 469 g/mol. The Labute approximate surface area is 187 Å². The van der Waals surface area contributed by atoms with Gasteiger partial charge in [-0.25, -0.2) is 4.79 Å². The zero-order valence-electron chi connectivity index (χ0n) is 16.5. The second kappa shape index (κ2) is 9.27. The Morgan fingerprint density at radius 3 is 2.61 bits per heavy atom. The summed E-state index contributed by atoms with van der Waals surface area (Å²) in [6.07, 6.45) is 1.92. The number of ether oxygens (including phenoxy) is 3. The molecule has 3 rings (SSSR count). The van der Waals surface area contributed by atoms with Gasteiger partial charge >= 0.3 is 6.09 Å². The SMILES string of the molecule is COc1ccc(C(=O)Nc2c(Cl)cncc2Cl)cc1OCC1=NOC(C)(OC(N)=O)C1. The van der Waals surface area contributed by atoms with Crippen molar-refractivity contribution in [3.63, 3.8) is 0 Å². The summed E-state index contributed by atoms with van der Waals surface area (Å²) in [5.74, 6) is -1.08. The normalized spacial score (nSPS) is 17.4. The first-order valence-electron chi connectivity index (χ1n) is 8.84. The van der Waals surface area contributed by atoms with Crippen molar-refractivity contribution in [1.82, 2.24) is 4.98 Å². The molecule has 0 radical (unpaired) electrons. The summed E-state index contributed by atoms with van der Waals surface area (Å²) in [6, 6.07) is 4.62. The van der Waals surface area contributed by atoms with Gasteiger partial charge in [-0.05, 0) is 18.2 Å². The summed E-state index contributed by atoms with van der Waals surface area (Å²) in [5.41, 5.74) is 6.01. The molecule has 2 heterocycles. The van der Waals surface area contributed by atoms with E-state index >= 15 is 0 Å². The van der Waals surface area contributed by atoms with E-state index in [1.54, 1.807) is 12.1 Å². The molecule has 0 bridgehead atoms. The molecule has 3 N–H and O–H groups in total. The van der Waals surface area contributed by atoms with Crippen LogP contribution >= 0.6 is 23.2 Å². The van der Waals surface area contributed by atoms with Crippen LogP contribution in [-0.4, -0.2) is 42.2 Å². The molecule has 0 spiro atoms. The molecular formula is C19H18Cl2N4O6. The highest BCUT2D eigenvalue weighted by Gasteiger charge is 2.38. The number of carbonyl (C=O) groups excluding carboxylic acids is 2. The van der Waals surface area contributed by atoms with E-state index < -0.39 is 17.8 Å². The van der Waals surface area contributed by atoms with E-state index in [2.05, 4.69) is 15.5 Å². The van der Waals surface area contributed by atoms with Crippen molar-refractivity contribution in [1.29, 1.82) is 0 Å². The van der Waals surface area contributed by atoms with Gasteiger partial charge in [-0.1, -0.05) is 28.4 Å². The topological polar surface area (TPSA) is 134 Å². The summed E-state index contributed by atoms with van der Waals surface area (Å²) in [7, 11) is 1.46. The van der Waals surface area contributed by atoms with Crippen LogP contribution in [0.2, 0.25) is 10.0 Å². The number of methoxy groups -OCH3 is 1. The second-order valence-corrected chi connectivity index (χ2v) is 7.38. The van der Waals surface area contributed by atoms with Crippen molar-refractivity contribution in [2.24, 2.45) is 10.9 Å². The van der Waals surface area contributed by atoms with E-state index in [9.17, 15) is 9.59 Å². The number of aromatic nitrogens is 1. The molecule has 0 saturated heterocycles. The van der Waals surface area contributed by atoms with E-state index in [4.69, 9.17) is 48.0 Å². The predicted octanol–water partition coefficient (Wildman–Crippen LogP) is 3.62. The maximum absolute atomic E-state index is 12.7. The van der Waals surface area contributed by atoms with Crippen LogP contribution in [0, 0.1) is 0 Å². The Kier molecular flexibility index (Phi) is 6.71. The fraction of sp³-hybridized carbons (Fsp3) is 0.263. The fourth-order valence-electron chi connectivity index (χ4n) is 2.75. The largest absolute Gasteiger partial charge is 0.493 e. The number of carbonyl (C=O) groups is 2. The molecule has 10 nitrogen and oxygen atoms in total. The number of pyridine rings is 1. The summed E-state index contributed by atoms with van der Waals surface area (Å²) in [5, 5.41) is 6.89. The first-order valence-corrected chi connectivity index (χ1v) is 9.60. The molecule has 1 aliphatic rings. The maximum Gasteiger partial charge on any atom is 0.407 e. The third kappa shape index (κ3) is 5.47. The van der Waals surface area contributed by atoms with Gasteiger partial charge in [0.05, 0.1) is 29.3 Å². The molecule has 2 amide bonds. The van der Waals surface area contributed by atoms with Gasteiger partial charge in [0.1, 0.15) is 12.3 Å². The first kappa shape index (κ1) is 22.4. The van der Waals surface area contributed by atoms with Gasteiger partial charge in [0.2, 0.25) is 0 Å². The predicted molar refractivity (Wildman–Crippen MR) is 113 cm³/mol. The Balaban J connectivity index is 1.71. The van der Waals surface area contributed by atoms with Crippen LogP contribution in [0.25, 0.3) is 0 Å². The van der Waals surface area contributed by atoms with Crippen molar-refractivity contribution >= 4 is 46.6 Å². The zero-order chi connectivity index (χ0) is 22.6. The number of rotatable bonds is 7. The lowest BCUT2D eigenvalue weighted by molar-refractivity contribution is -0.169. The number of primary amides is 1. The van der Waals surface area contributed by atoms with Crippen LogP contribution in [0.5, 0.6) is 11.5 Å². The number of nitrogens with one attached hydrogen (secondary N) is 1. The highest BCUT2D eigenvalue weighted by Crippen LogP contribution is 2.32. The molecule has 1 aromatic heterocycles. The summed E-state index contributed by atoms with van der Waals surface area (Å²) in [4.78, 5) is 32.6. The lowest BCUT2D eigenvalue weighted by atomic mass is 10.1. The van der Waals surface area contributed by atoms with E-state index in [0.717, 1.165) is 0 Å². The molecule has 0 aliphatic carbocycles. The molecule has 1 unspecified atom stereocenters. The molecule has 164 valence electrons. The Morgan fingerprint density at radius 1 is 1.26 bits per heavy atom. The van der Waals surface area contributed by atoms with Gasteiger partial charge in [0, 0.05) is 24.9 Å². The number of nitrogens with two attached hydrogens (primary N) is 1. The molecule has 31 heavy (non-hydrogen) atoms. The minimum atomic E-state index is -1.29. The van der Waals surface area contributed by atoms with Crippen molar-refractivity contribution < 1.29 is 28.6 Å². The van der Waals surface area contributed by atoms with Gasteiger partial charge in [0.15, 0.2) is 11.5 Å². The summed E-state index contributed by atoms with van der Waals surface area (Å²) in [6.45, 7) is 1.52. The first-order chi connectivity index (χ1) is 14.7. The number of nitrogens with zero attached hydrogens (tertiary/aromatic N) is 2. The van der Waals surface area contributed by atoms with Gasteiger partial charge in [-0.2, -0.15) is 0 Å². The smallest absolute Gasteiger partial charge is 0.407 e. The maximum atomic E-state index is 12.7. The second-order valence-electron chi connectivity index (χ2n) is 6.57. The minimum absolute atomic E-state index is 0.00115. The highest BCUT2D eigenvalue weighted by atomic mass is 35.5. The standard InChI is InChI=1S/C19H18Cl2N4O6/c1-19(30-18(22)27)6-11(25-31-19)9-29-15-5-10(3-4-14(15)28-2)17(26)24-16-12(20)7-23-8-13(16)21/h3-5,7-8H,6,9H2,1-2H3,(H2,22,27)(H,23,24,26). The molecular weight excluding hydrogens is 451 g/mol. The fourth-order valence-corrected chi connectivity index (χ4v) is 3.21. The third-order valence-electron chi connectivity index (χ3n) is 4.12. The van der Waals surface area contributed by atoms with Gasteiger partial charge in [-0.15, -0.1) is 0 Å². The number of hydrogen-bond acceptors (Lipinski definition) is 8. The molecule has 1 atom stereocenters. The minimum Gasteiger partial charge on any atom is -0.493 e. The molecule has 1 aromatic carbocycles. The Morgan fingerprint density at radius 2 is 1.97 bits per heavy atom. The van der Waals surface area contributed by atoms with Crippen LogP contribution in [-0.2, 0) is 9.57 Å². The van der Waals surface area contributed by atoms with Gasteiger partial charge in [-0.3, -0.25) is 9.78 Å². The third-order valence-corrected chi connectivity index (χ3v) is 4.69. The lowest BCUT2D eigenvalue weighted by Crippen LogP contribution is -2.34. The molecule has 0 fully saturated rings. The van der Waals surface area contributed by atoms with Crippen molar-refractivity contribution in [3.05, 3.63) is 46.2 Å². The highest BCUT2D eigenvalue weighted by molar-refractivity contribution is 6.39. The number of hydrogen-bond donors (Lipinski definition) is 2. The van der Waals surface area contributed by atoms with E-state index in [1.807, 2.05) is 0 Å². The molecule has 12 heteroatoms. The van der Waals surface area contributed by atoms with Gasteiger partial charge in [0.25, 0.3) is 11.7 Å². The van der Waals surface area contributed by atoms with E-state index in [1.165, 1.54) is 32.5 Å². The van der Waals surface area contributed by atoms with Crippen molar-refractivity contribution in [2.45, 2.75) is 19.1 Å². The summed E-state index contributed by atoms with van der Waals surface area (Å²) >= 11 is 12.1. The van der Waals surface area contributed by atoms with Crippen molar-refractivity contribution in [3.8, 4) is 11.5 Å². The van der Waals surface area contributed by atoms with Crippen LogP contribution in [0.4, 0.5) is 10.5 Å². The number of benzene rings is 1. The number of oxime groups is 1. The Bertz CT molecular complexity index is 1030. The van der Waals surface area contributed by atoms with Crippen LogP contribution in [0.15, 0.2) is 35.7 Å². The van der Waals surface area contributed by atoms with Crippen LogP contribution in [0.1, 0.15) is 23.7 Å². The average Bonchev–Trinajstić information content (AvgIpc) is 3.08.